The molecule has 1 aromatic heterocycles. The molecule has 40 heavy (non-hydrogen) atoms. The molecule has 4 atom stereocenters. The first-order valence-corrected chi connectivity index (χ1v) is 15.5. The van der Waals surface area contributed by atoms with E-state index in [1.807, 2.05) is 12.1 Å². The molecule has 2 aromatic rings. The molecule has 0 spiro atoms. The lowest BCUT2D eigenvalue weighted by Gasteiger charge is -2.46. The van der Waals surface area contributed by atoms with Gasteiger partial charge in [0.2, 0.25) is 0 Å². The average molecular weight is 577 g/mol. The van der Waals surface area contributed by atoms with E-state index in [0.717, 1.165) is 35.3 Å². The maximum Gasteiger partial charge on any atom is 0.256 e. The summed E-state index contributed by atoms with van der Waals surface area (Å²) in [7, 11) is 1.72. The number of benzene rings is 1. The number of nitrogens with one attached hydrogen (secondary N) is 1. The fourth-order valence-electron chi connectivity index (χ4n) is 6.83. The van der Waals surface area contributed by atoms with Crippen LogP contribution in [-0.2, 0) is 6.54 Å². The van der Waals surface area contributed by atoms with Gasteiger partial charge in [0.1, 0.15) is 5.75 Å². The van der Waals surface area contributed by atoms with Gasteiger partial charge in [0.05, 0.1) is 18.2 Å². The molecular formula is C33H57ClN4O2. The number of carbonyl (C=O) groups excluding carboxylic acids is 1. The van der Waals surface area contributed by atoms with Crippen LogP contribution in [0.1, 0.15) is 105 Å². The number of carbonyl (C=O) groups is 1. The van der Waals surface area contributed by atoms with Crippen molar-refractivity contribution in [2.45, 2.75) is 137 Å². The Morgan fingerprint density at radius 1 is 1.00 bits per heavy atom. The Morgan fingerprint density at radius 3 is 2.05 bits per heavy atom. The van der Waals surface area contributed by atoms with Crippen LogP contribution in [0.2, 0.25) is 0 Å². The third kappa shape index (κ3) is 7.74. The molecule has 1 aromatic carbocycles. The summed E-state index contributed by atoms with van der Waals surface area (Å²) in [5, 5.41) is 4.62. The van der Waals surface area contributed by atoms with E-state index in [1.165, 1.54) is 32.1 Å². The number of nitrogens with zero attached hydrogens (tertiary/aromatic N) is 3. The zero-order valence-corrected chi connectivity index (χ0v) is 27.7. The minimum absolute atomic E-state index is 0. The van der Waals surface area contributed by atoms with E-state index in [-0.39, 0.29) is 42.5 Å². The monoisotopic (exact) mass is 576 g/mol. The number of halogens is 1. The Kier molecular flexibility index (Phi) is 13.3. The largest absolute Gasteiger partial charge is 0.495 e. The number of hydrogen-bond donors (Lipinski definition) is 1. The summed E-state index contributed by atoms with van der Waals surface area (Å²) in [4.78, 5) is 18.4. The van der Waals surface area contributed by atoms with Gasteiger partial charge in [-0.1, -0.05) is 38.3 Å². The number of piperazine rings is 1. The van der Waals surface area contributed by atoms with Gasteiger partial charge in [-0.25, -0.2) is 0 Å². The summed E-state index contributed by atoms with van der Waals surface area (Å²) in [6, 6.07) is 8.29. The molecule has 2 heterocycles. The summed E-state index contributed by atoms with van der Waals surface area (Å²) in [6.07, 6.45) is 8.64. The molecule has 1 saturated carbocycles. The zero-order chi connectivity index (χ0) is 28.9. The first kappa shape index (κ1) is 34.4. The fraction of sp³-hybridized carbons (Fsp3) is 0.727. The normalized spacial score (nSPS) is 23.8. The molecule has 2 fully saturated rings. The molecule has 0 radical (unpaired) electrons. The Balaban J connectivity index is 0.000000486. The second kappa shape index (κ2) is 15.5. The molecule has 4 rings (SSSR count). The van der Waals surface area contributed by atoms with Crippen molar-refractivity contribution < 1.29 is 9.53 Å². The van der Waals surface area contributed by atoms with Gasteiger partial charge in [0.25, 0.3) is 5.91 Å². The van der Waals surface area contributed by atoms with Gasteiger partial charge in [-0.15, -0.1) is 12.4 Å². The van der Waals surface area contributed by atoms with Crippen molar-refractivity contribution in [3.63, 3.8) is 0 Å². The van der Waals surface area contributed by atoms with Crippen LogP contribution in [0, 0.1) is 5.92 Å². The van der Waals surface area contributed by atoms with Crippen LogP contribution in [0.5, 0.6) is 5.75 Å². The quantitative estimate of drug-likeness (QED) is 0.374. The number of hydrogen-bond acceptors (Lipinski definition) is 4. The number of aromatic nitrogens is 1. The predicted octanol–water partition coefficient (Wildman–Crippen LogP) is 7.38. The van der Waals surface area contributed by atoms with Crippen LogP contribution >= 0.6 is 12.4 Å². The van der Waals surface area contributed by atoms with Crippen molar-refractivity contribution in [2.75, 3.05) is 13.7 Å². The first-order valence-electron chi connectivity index (χ1n) is 15.5. The number of methoxy groups -OCH3 is 1. The Morgan fingerprint density at radius 2 is 1.57 bits per heavy atom. The molecule has 1 N–H and O–H groups in total. The molecule has 4 unspecified atom stereocenters. The third-order valence-corrected chi connectivity index (χ3v) is 9.27. The maximum atomic E-state index is 13.9. The standard InChI is InChI=1S/C25H37N3O2.C8H19N.ClH/c1-16-18(3)28(19(4)17(2)26-16)25(29)22-15-27(14-20-10-7-6-8-11-20)24-21(22)12-9-13-23(24)30-5;1-6-9(7(2)3)8(4)5;/h9,12-13,15-20,26H,6-8,10-11,14H2,1-5H3;7-8H,6H2,1-5H3;1H. The van der Waals surface area contributed by atoms with Gasteiger partial charge in [-0.2, -0.15) is 0 Å². The van der Waals surface area contributed by atoms with Crippen LogP contribution in [0.3, 0.4) is 0 Å². The van der Waals surface area contributed by atoms with Crippen LogP contribution in [0.25, 0.3) is 10.9 Å². The third-order valence-electron chi connectivity index (χ3n) is 9.27. The number of amides is 1. The van der Waals surface area contributed by atoms with Gasteiger partial charge in [0, 0.05) is 54.4 Å². The van der Waals surface area contributed by atoms with E-state index in [9.17, 15) is 4.79 Å². The molecule has 228 valence electrons. The molecule has 1 amide bonds. The van der Waals surface area contributed by atoms with Gasteiger partial charge in [-0.05, 0) is 86.8 Å². The van der Waals surface area contributed by atoms with E-state index in [0.29, 0.717) is 18.0 Å². The molecule has 1 aliphatic heterocycles. The second-order valence-corrected chi connectivity index (χ2v) is 12.5. The van der Waals surface area contributed by atoms with Crippen LogP contribution < -0.4 is 10.1 Å². The highest BCUT2D eigenvalue weighted by molar-refractivity contribution is 6.08. The van der Waals surface area contributed by atoms with Crippen LogP contribution in [0.15, 0.2) is 24.4 Å². The highest BCUT2D eigenvalue weighted by atomic mass is 35.5. The van der Waals surface area contributed by atoms with Crippen molar-refractivity contribution in [2.24, 2.45) is 5.92 Å². The summed E-state index contributed by atoms with van der Waals surface area (Å²) in [5.41, 5.74) is 1.87. The molecule has 1 saturated heterocycles. The Bertz CT molecular complexity index is 1040. The number of ether oxygens (including phenoxy) is 1. The Hall–Kier alpha value is -1.76. The SMILES string of the molecule is CCN(C(C)C)C(C)C.COc1cccc2c(C(=O)N3C(C)C(C)NC(C)C3C)cn(CC3CCCCC3)c12.Cl. The van der Waals surface area contributed by atoms with E-state index in [1.54, 1.807) is 7.11 Å². The molecule has 7 heteroatoms. The van der Waals surface area contributed by atoms with Crippen molar-refractivity contribution >= 4 is 29.2 Å². The number of para-hydroxylation sites is 1. The average Bonchev–Trinajstić information content (AvgIpc) is 3.27. The zero-order valence-electron chi connectivity index (χ0n) is 26.9. The highest BCUT2D eigenvalue weighted by Gasteiger charge is 2.38. The summed E-state index contributed by atoms with van der Waals surface area (Å²) in [6.45, 7) is 21.9. The van der Waals surface area contributed by atoms with Crippen molar-refractivity contribution in [1.29, 1.82) is 0 Å². The highest BCUT2D eigenvalue weighted by Crippen LogP contribution is 2.34. The summed E-state index contributed by atoms with van der Waals surface area (Å²) < 4.78 is 8.01. The number of rotatable bonds is 7. The summed E-state index contributed by atoms with van der Waals surface area (Å²) in [5.74, 6) is 1.67. The van der Waals surface area contributed by atoms with Gasteiger partial charge in [-0.3, -0.25) is 9.69 Å². The molecular weight excluding hydrogens is 520 g/mol. The van der Waals surface area contributed by atoms with Crippen molar-refractivity contribution in [1.82, 2.24) is 19.7 Å². The lowest BCUT2D eigenvalue weighted by molar-refractivity contribution is 0.0370. The smallest absolute Gasteiger partial charge is 0.256 e. The fourth-order valence-corrected chi connectivity index (χ4v) is 6.83. The lowest BCUT2D eigenvalue weighted by Crippen LogP contribution is -2.65. The second-order valence-electron chi connectivity index (χ2n) is 12.5. The van der Waals surface area contributed by atoms with E-state index < -0.39 is 0 Å². The topological polar surface area (TPSA) is 49.7 Å². The van der Waals surface area contributed by atoms with E-state index in [2.05, 4.69) is 94.3 Å². The minimum atomic E-state index is 0. The van der Waals surface area contributed by atoms with Crippen LogP contribution in [0.4, 0.5) is 0 Å². The van der Waals surface area contributed by atoms with E-state index in [4.69, 9.17) is 4.74 Å². The maximum absolute atomic E-state index is 13.9. The molecule has 1 aliphatic carbocycles. The Labute approximate surface area is 250 Å². The van der Waals surface area contributed by atoms with Crippen molar-refractivity contribution in [3.05, 3.63) is 30.0 Å². The predicted molar refractivity (Wildman–Crippen MR) is 172 cm³/mol. The number of fused-ring (bicyclic) bond motifs is 1. The van der Waals surface area contributed by atoms with Crippen LogP contribution in [-0.4, -0.2) is 70.2 Å². The summed E-state index contributed by atoms with van der Waals surface area (Å²) >= 11 is 0. The van der Waals surface area contributed by atoms with Gasteiger partial charge >= 0.3 is 0 Å². The van der Waals surface area contributed by atoms with Gasteiger partial charge < -0.3 is 19.5 Å². The first-order chi connectivity index (χ1) is 18.5. The molecule has 6 nitrogen and oxygen atoms in total. The molecule has 0 bridgehead atoms. The van der Waals surface area contributed by atoms with Crippen molar-refractivity contribution in [3.8, 4) is 5.75 Å². The van der Waals surface area contributed by atoms with E-state index >= 15 is 0 Å². The van der Waals surface area contributed by atoms with Gasteiger partial charge in [0.15, 0.2) is 0 Å². The molecule has 2 aliphatic rings. The minimum Gasteiger partial charge on any atom is -0.495 e. The lowest BCUT2D eigenvalue weighted by atomic mass is 9.89.